The summed E-state index contributed by atoms with van der Waals surface area (Å²) in [5, 5.41) is 3.89. The summed E-state index contributed by atoms with van der Waals surface area (Å²) in [6.07, 6.45) is 1.51. The molecule has 3 rings (SSSR count). The van der Waals surface area contributed by atoms with Crippen molar-refractivity contribution in [3.8, 4) is 0 Å². The molecule has 1 atom stereocenters. The minimum atomic E-state index is -0.310. The minimum Gasteiger partial charge on any atom is -0.319 e. The number of imidazole rings is 1. The minimum absolute atomic E-state index is 0.118. The summed E-state index contributed by atoms with van der Waals surface area (Å²) in [7, 11) is 0. The van der Waals surface area contributed by atoms with E-state index in [-0.39, 0.29) is 11.2 Å². The fraction of sp³-hybridized carbons (Fsp3) is 0.316. The standard InChI is InChI=1S/C19H21ClN4OS/c1-12(2)11-24-16-7-5-4-6-15(16)22-19(24)26-13(3)18(25)23-17-9-8-14(20)10-21-17/h4-10,12-13H,11H2,1-3H3,(H,21,23,25)/t13-/m1/s1. The molecule has 2 aromatic heterocycles. The van der Waals surface area contributed by atoms with E-state index in [1.54, 1.807) is 12.1 Å². The first-order chi connectivity index (χ1) is 12.4. The van der Waals surface area contributed by atoms with Crippen LogP contribution in [0.15, 0.2) is 47.8 Å². The topological polar surface area (TPSA) is 59.8 Å². The molecule has 0 fully saturated rings. The first-order valence-electron chi connectivity index (χ1n) is 8.48. The number of anilines is 1. The zero-order chi connectivity index (χ0) is 18.7. The fourth-order valence-electron chi connectivity index (χ4n) is 2.57. The van der Waals surface area contributed by atoms with Crippen molar-refractivity contribution in [3.63, 3.8) is 0 Å². The number of benzene rings is 1. The Bertz CT molecular complexity index is 908. The monoisotopic (exact) mass is 388 g/mol. The van der Waals surface area contributed by atoms with Gasteiger partial charge in [-0.25, -0.2) is 9.97 Å². The van der Waals surface area contributed by atoms with Crippen molar-refractivity contribution < 1.29 is 4.79 Å². The van der Waals surface area contributed by atoms with Gasteiger partial charge in [0.25, 0.3) is 0 Å². The van der Waals surface area contributed by atoms with E-state index in [1.165, 1.54) is 18.0 Å². The summed E-state index contributed by atoms with van der Waals surface area (Å²) in [5.74, 6) is 0.852. The van der Waals surface area contributed by atoms with Gasteiger partial charge in [0, 0.05) is 12.7 Å². The number of thioether (sulfide) groups is 1. The van der Waals surface area contributed by atoms with E-state index >= 15 is 0 Å². The second kappa shape index (κ2) is 8.10. The van der Waals surface area contributed by atoms with E-state index in [2.05, 4.69) is 34.8 Å². The average Bonchev–Trinajstić information content (AvgIpc) is 2.94. The molecule has 5 nitrogen and oxygen atoms in total. The smallest absolute Gasteiger partial charge is 0.238 e. The van der Waals surface area contributed by atoms with Gasteiger partial charge in [0.15, 0.2) is 5.16 Å². The van der Waals surface area contributed by atoms with E-state index in [0.29, 0.717) is 16.8 Å². The van der Waals surface area contributed by atoms with E-state index in [9.17, 15) is 4.79 Å². The maximum atomic E-state index is 12.5. The van der Waals surface area contributed by atoms with E-state index in [1.807, 2.05) is 25.1 Å². The second-order valence-electron chi connectivity index (χ2n) is 6.50. The van der Waals surface area contributed by atoms with Gasteiger partial charge >= 0.3 is 0 Å². The summed E-state index contributed by atoms with van der Waals surface area (Å²) in [5.41, 5.74) is 2.04. The maximum absolute atomic E-state index is 12.5. The number of pyridine rings is 1. The number of amides is 1. The Morgan fingerprint density at radius 2 is 2.00 bits per heavy atom. The van der Waals surface area contributed by atoms with Gasteiger partial charge in [0.05, 0.1) is 21.3 Å². The SMILES string of the molecule is CC(C)Cn1c(S[C@H](C)C(=O)Nc2ccc(Cl)cn2)nc2ccccc21. The summed E-state index contributed by atoms with van der Waals surface area (Å²) >= 11 is 7.28. The molecular formula is C19H21ClN4OS. The maximum Gasteiger partial charge on any atom is 0.238 e. The van der Waals surface area contributed by atoms with Crippen molar-refractivity contribution in [2.45, 2.75) is 37.7 Å². The van der Waals surface area contributed by atoms with Gasteiger partial charge < -0.3 is 9.88 Å². The highest BCUT2D eigenvalue weighted by Gasteiger charge is 2.20. The largest absolute Gasteiger partial charge is 0.319 e. The van der Waals surface area contributed by atoms with Crippen molar-refractivity contribution >= 4 is 46.1 Å². The molecule has 0 bridgehead atoms. The van der Waals surface area contributed by atoms with Crippen LogP contribution in [0.3, 0.4) is 0 Å². The lowest BCUT2D eigenvalue weighted by Gasteiger charge is -2.14. The molecule has 2 heterocycles. The van der Waals surface area contributed by atoms with Gasteiger partial charge in [-0.2, -0.15) is 0 Å². The van der Waals surface area contributed by atoms with Gasteiger partial charge in [-0.3, -0.25) is 4.79 Å². The van der Waals surface area contributed by atoms with Crippen molar-refractivity contribution in [1.82, 2.24) is 14.5 Å². The molecule has 0 spiro atoms. The van der Waals surface area contributed by atoms with Crippen LogP contribution in [-0.2, 0) is 11.3 Å². The molecule has 0 aliphatic heterocycles. The van der Waals surface area contributed by atoms with Crippen molar-refractivity contribution in [3.05, 3.63) is 47.6 Å². The number of nitrogens with zero attached hydrogens (tertiary/aromatic N) is 3. The number of nitrogens with one attached hydrogen (secondary N) is 1. The normalized spacial score (nSPS) is 12.5. The molecule has 1 aromatic carbocycles. The molecule has 0 unspecified atom stereocenters. The molecule has 0 aliphatic carbocycles. The first kappa shape index (κ1) is 18.7. The highest BCUT2D eigenvalue weighted by atomic mass is 35.5. The number of aromatic nitrogens is 3. The van der Waals surface area contributed by atoms with Crippen LogP contribution in [0.5, 0.6) is 0 Å². The number of fused-ring (bicyclic) bond motifs is 1. The van der Waals surface area contributed by atoms with E-state index < -0.39 is 0 Å². The molecule has 1 amide bonds. The van der Waals surface area contributed by atoms with Crippen LogP contribution >= 0.6 is 23.4 Å². The number of para-hydroxylation sites is 2. The summed E-state index contributed by atoms with van der Waals surface area (Å²) < 4.78 is 2.19. The Kier molecular flexibility index (Phi) is 5.84. The molecular weight excluding hydrogens is 368 g/mol. The average molecular weight is 389 g/mol. The molecule has 1 N–H and O–H groups in total. The predicted molar refractivity (Wildman–Crippen MR) is 108 cm³/mol. The van der Waals surface area contributed by atoms with Crippen LogP contribution in [0.25, 0.3) is 11.0 Å². The molecule has 0 saturated carbocycles. The van der Waals surface area contributed by atoms with Crippen LogP contribution in [0.2, 0.25) is 5.02 Å². The lowest BCUT2D eigenvalue weighted by molar-refractivity contribution is -0.115. The Morgan fingerprint density at radius 3 is 2.69 bits per heavy atom. The Morgan fingerprint density at radius 1 is 1.23 bits per heavy atom. The molecule has 136 valence electrons. The van der Waals surface area contributed by atoms with Crippen molar-refractivity contribution in [2.75, 3.05) is 5.32 Å². The lowest BCUT2D eigenvalue weighted by atomic mass is 10.2. The lowest BCUT2D eigenvalue weighted by Crippen LogP contribution is -2.23. The Hall–Kier alpha value is -2.05. The summed E-state index contributed by atoms with van der Waals surface area (Å²) in [6, 6.07) is 11.4. The molecule has 26 heavy (non-hydrogen) atoms. The van der Waals surface area contributed by atoms with Crippen molar-refractivity contribution in [1.29, 1.82) is 0 Å². The number of halogens is 1. The summed E-state index contributed by atoms with van der Waals surface area (Å²) in [4.78, 5) is 21.3. The first-order valence-corrected chi connectivity index (χ1v) is 9.74. The number of rotatable bonds is 6. The van der Waals surface area contributed by atoms with Crippen molar-refractivity contribution in [2.24, 2.45) is 5.92 Å². The number of carbonyl (C=O) groups is 1. The van der Waals surface area contributed by atoms with Crippen LogP contribution in [0.4, 0.5) is 5.82 Å². The Balaban J connectivity index is 1.78. The zero-order valence-corrected chi connectivity index (χ0v) is 16.5. The molecule has 0 saturated heterocycles. The van der Waals surface area contributed by atoms with Crippen LogP contribution in [-0.4, -0.2) is 25.7 Å². The number of hydrogen-bond acceptors (Lipinski definition) is 4. The van der Waals surface area contributed by atoms with Crippen LogP contribution < -0.4 is 5.32 Å². The quantitative estimate of drug-likeness (QED) is 0.612. The third-order valence-electron chi connectivity index (χ3n) is 3.80. The van der Waals surface area contributed by atoms with Crippen LogP contribution in [0, 0.1) is 5.92 Å². The highest BCUT2D eigenvalue weighted by Crippen LogP contribution is 2.28. The van der Waals surface area contributed by atoms with E-state index in [4.69, 9.17) is 16.6 Å². The van der Waals surface area contributed by atoms with E-state index in [0.717, 1.165) is 22.7 Å². The molecule has 3 aromatic rings. The fourth-order valence-corrected chi connectivity index (χ4v) is 3.62. The van der Waals surface area contributed by atoms with Crippen LogP contribution in [0.1, 0.15) is 20.8 Å². The second-order valence-corrected chi connectivity index (χ2v) is 8.24. The molecule has 0 radical (unpaired) electrons. The van der Waals surface area contributed by atoms with Gasteiger partial charge in [-0.05, 0) is 37.1 Å². The number of hydrogen-bond donors (Lipinski definition) is 1. The third kappa shape index (κ3) is 4.37. The van der Waals surface area contributed by atoms with Gasteiger partial charge in [0.1, 0.15) is 5.82 Å². The predicted octanol–water partition coefficient (Wildman–Crippen LogP) is 4.86. The third-order valence-corrected chi connectivity index (χ3v) is 5.11. The molecule has 0 aliphatic rings. The van der Waals surface area contributed by atoms with Gasteiger partial charge in [-0.15, -0.1) is 0 Å². The Labute approximate surface area is 162 Å². The van der Waals surface area contributed by atoms with Gasteiger partial charge in [0.2, 0.25) is 5.91 Å². The summed E-state index contributed by atoms with van der Waals surface area (Å²) in [6.45, 7) is 7.07. The van der Waals surface area contributed by atoms with Gasteiger partial charge in [-0.1, -0.05) is 49.3 Å². The zero-order valence-electron chi connectivity index (χ0n) is 14.9. The number of carbonyl (C=O) groups excluding carboxylic acids is 1. The highest BCUT2D eigenvalue weighted by molar-refractivity contribution is 8.00. The molecule has 7 heteroatoms.